The van der Waals surface area contributed by atoms with Gasteiger partial charge in [0.2, 0.25) is 0 Å². The molecule has 12 heteroatoms. The van der Waals surface area contributed by atoms with Crippen molar-refractivity contribution in [3.05, 3.63) is 119 Å². The highest BCUT2D eigenvalue weighted by atomic mass is 127. The highest BCUT2D eigenvalue weighted by molar-refractivity contribution is 14.1. The fraction of sp³-hybridized carbons (Fsp3) is 0.194. The minimum atomic E-state index is -0.722. The molecule has 0 unspecified atom stereocenters. The van der Waals surface area contributed by atoms with Crippen molar-refractivity contribution in [1.82, 2.24) is 4.57 Å². The van der Waals surface area contributed by atoms with Crippen molar-refractivity contribution in [2.24, 2.45) is 4.99 Å². The molecule has 0 N–H and O–H groups in total. The van der Waals surface area contributed by atoms with Crippen molar-refractivity contribution in [3.63, 3.8) is 0 Å². The Balaban J connectivity index is 1.58. The molecule has 0 amide bonds. The molecule has 2 heterocycles. The van der Waals surface area contributed by atoms with Crippen molar-refractivity contribution >= 4 is 96.1 Å². The Hall–Kier alpha value is -2.20. The first-order valence-corrected chi connectivity index (χ1v) is 17.2. The highest BCUT2D eigenvalue weighted by Gasteiger charge is 2.33. The third kappa shape index (κ3) is 6.75. The van der Waals surface area contributed by atoms with E-state index in [0.717, 1.165) is 29.6 Å². The number of allylic oxidation sites excluding steroid dienone is 1. The van der Waals surface area contributed by atoms with Crippen molar-refractivity contribution in [2.45, 2.75) is 26.5 Å². The van der Waals surface area contributed by atoms with E-state index in [1.54, 1.807) is 31.6 Å². The number of esters is 1. The fourth-order valence-corrected chi connectivity index (χ4v) is 8.60. The Kier molecular flexibility index (Phi) is 10.4. The largest absolute Gasteiger partial charge is 0.496 e. The molecule has 0 aliphatic carbocycles. The summed E-state index contributed by atoms with van der Waals surface area (Å²) in [4.78, 5) is 32.3. The van der Waals surface area contributed by atoms with E-state index < -0.39 is 12.0 Å². The predicted molar refractivity (Wildman–Crippen MR) is 189 cm³/mol. The van der Waals surface area contributed by atoms with Crippen LogP contribution in [-0.4, -0.2) is 24.3 Å². The first-order chi connectivity index (χ1) is 20.6. The molecule has 0 fully saturated rings. The maximum absolute atomic E-state index is 14.0. The van der Waals surface area contributed by atoms with Crippen LogP contribution in [0.4, 0.5) is 0 Å². The summed E-state index contributed by atoms with van der Waals surface area (Å²) in [6, 6.07) is 16.3. The van der Waals surface area contributed by atoms with E-state index in [1.807, 2.05) is 54.6 Å². The number of carbonyl (C=O) groups is 1. The van der Waals surface area contributed by atoms with Crippen LogP contribution in [0.1, 0.15) is 36.6 Å². The van der Waals surface area contributed by atoms with Crippen LogP contribution in [0.2, 0.25) is 5.02 Å². The average molecular weight is 906 g/mol. The Morgan fingerprint density at radius 2 is 1.88 bits per heavy atom. The maximum Gasteiger partial charge on any atom is 0.338 e. The third-order valence-corrected chi connectivity index (χ3v) is 10.2. The van der Waals surface area contributed by atoms with Gasteiger partial charge in [0.05, 0.1) is 47.2 Å². The summed E-state index contributed by atoms with van der Waals surface area (Å²) in [5.41, 5.74) is 3.04. The molecule has 222 valence electrons. The number of carbonyl (C=O) groups excluding carboxylic acids is 1. The molecule has 7 nitrogen and oxygen atoms in total. The summed E-state index contributed by atoms with van der Waals surface area (Å²) < 4.78 is 21.5. The summed E-state index contributed by atoms with van der Waals surface area (Å²) in [5, 5.41) is 0.654. The first-order valence-electron chi connectivity index (χ1n) is 13.0. The number of ether oxygens (including phenoxy) is 3. The molecule has 3 aromatic carbocycles. The lowest BCUT2D eigenvalue weighted by Gasteiger charge is -2.25. The number of rotatable bonds is 8. The number of nitrogens with zero attached hydrogens (tertiary/aromatic N) is 2. The van der Waals surface area contributed by atoms with Crippen LogP contribution in [0, 0.1) is 7.14 Å². The first kappa shape index (κ1) is 32.2. The second-order valence-corrected chi connectivity index (χ2v) is 14.0. The van der Waals surface area contributed by atoms with E-state index in [0.29, 0.717) is 42.5 Å². The van der Waals surface area contributed by atoms with Gasteiger partial charge in [0.25, 0.3) is 5.56 Å². The maximum atomic E-state index is 14.0. The van der Waals surface area contributed by atoms with Gasteiger partial charge < -0.3 is 14.2 Å². The van der Waals surface area contributed by atoms with E-state index in [2.05, 4.69) is 66.1 Å². The van der Waals surface area contributed by atoms with Crippen molar-refractivity contribution in [3.8, 4) is 11.5 Å². The number of hydrogen-bond acceptors (Lipinski definition) is 7. The van der Waals surface area contributed by atoms with Gasteiger partial charge in [-0.05, 0) is 122 Å². The summed E-state index contributed by atoms with van der Waals surface area (Å²) in [5.74, 6) is 0.879. The number of fused-ring (bicyclic) bond motifs is 1. The van der Waals surface area contributed by atoms with Crippen LogP contribution in [0.3, 0.4) is 0 Å². The minimum Gasteiger partial charge on any atom is -0.496 e. The highest BCUT2D eigenvalue weighted by Crippen LogP contribution is 2.35. The van der Waals surface area contributed by atoms with Gasteiger partial charge in [0, 0.05) is 10.6 Å². The molecule has 1 aromatic heterocycles. The quantitative estimate of drug-likeness (QED) is 0.141. The molecule has 0 saturated carbocycles. The molecule has 0 saturated heterocycles. The second kappa shape index (κ2) is 13.8. The van der Waals surface area contributed by atoms with Crippen molar-refractivity contribution in [2.75, 3.05) is 13.7 Å². The number of aromatic nitrogens is 1. The van der Waals surface area contributed by atoms with Gasteiger partial charge >= 0.3 is 5.97 Å². The van der Waals surface area contributed by atoms with Crippen LogP contribution < -0.4 is 24.4 Å². The van der Waals surface area contributed by atoms with Gasteiger partial charge in [0.1, 0.15) is 18.1 Å². The summed E-state index contributed by atoms with van der Waals surface area (Å²) >= 11 is 15.6. The fourth-order valence-electron chi connectivity index (χ4n) is 4.68. The SMILES string of the molecule is CCOC(=O)C1=C(C)N=c2s/c(=C\c3cc(I)c(OCc4ccccc4Cl)c(I)c3)c(=O)n2[C@@H]1c1ccc(OC)c(Br)c1. The Morgan fingerprint density at radius 1 is 1.16 bits per heavy atom. The smallest absolute Gasteiger partial charge is 0.338 e. The molecule has 4 aromatic rings. The topological polar surface area (TPSA) is 79.1 Å². The predicted octanol–water partition coefficient (Wildman–Crippen LogP) is 7.01. The van der Waals surface area contributed by atoms with E-state index >= 15 is 0 Å². The van der Waals surface area contributed by atoms with Gasteiger partial charge in [-0.25, -0.2) is 9.79 Å². The van der Waals surface area contributed by atoms with E-state index in [-0.39, 0.29) is 12.2 Å². The molecule has 5 rings (SSSR count). The lowest BCUT2D eigenvalue weighted by Crippen LogP contribution is -2.40. The number of hydrogen-bond donors (Lipinski definition) is 0. The molecule has 1 aliphatic rings. The van der Waals surface area contributed by atoms with Crippen LogP contribution in [0.25, 0.3) is 6.08 Å². The van der Waals surface area contributed by atoms with Gasteiger partial charge in [-0.3, -0.25) is 9.36 Å². The van der Waals surface area contributed by atoms with Crippen LogP contribution >= 0.6 is 84.0 Å². The standard InChI is InChI=1S/C31H24BrClI2N2O5S/c1-4-41-30(39)26-16(2)36-31-37(27(26)18-9-10-24(40-3)20(32)14-18)29(38)25(43-31)13-17-11-22(34)28(23(35)12-17)42-15-19-7-5-6-8-21(19)33/h5-14,27H,4,15H2,1-3H3/b25-13-/t27-/m1/s1. The Bertz CT molecular complexity index is 1930. The Morgan fingerprint density at radius 3 is 2.53 bits per heavy atom. The second-order valence-electron chi connectivity index (χ2n) is 9.39. The van der Waals surface area contributed by atoms with Crippen LogP contribution in [0.5, 0.6) is 11.5 Å². The average Bonchev–Trinajstić information content (AvgIpc) is 3.26. The molecular weight excluding hydrogens is 882 g/mol. The normalized spacial score (nSPS) is 14.8. The number of methoxy groups -OCH3 is 1. The van der Waals surface area contributed by atoms with Gasteiger partial charge in [0.15, 0.2) is 4.80 Å². The molecule has 1 aliphatic heterocycles. The zero-order valence-corrected chi connectivity index (χ0v) is 30.6. The molecule has 1 atom stereocenters. The number of thiazole rings is 1. The molecular formula is C31H24BrClI2N2O5S. The lowest BCUT2D eigenvalue weighted by molar-refractivity contribution is -0.139. The van der Waals surface area contributed by atoms with E-state index in [1.165, 1.54) is 11.3 Å². The van der Waals surface area contributed by atoms with Gasteiger partial charge in [-0.1, -0.05) is 47.2 Å². The summed E-state index contributed by atoms with van der Waals surface area (Å²) in [6.45, 7) is 4.06. The van der Waals surface area contributed by atoms with Gasteiger partial charge in [-0.15, -0.1) is 0 Å². The molecule has 0 bridgehead atoms. The summed E-state index contributed by atoms with van der Waals surface area (Å²) in [7, 11) is 1.58. The summed E-state index contributed by atoms with van der Waals surface area (Å²) in [6.07, 6.45) is 1.84. The number of halogens is 4. The molecule has 43 heavy (non-hydrogen) atoms. The molecule has 0 spiro atoms. The lowest BCUT2D eigenvalue weighted by atomic mass is 9.96. The number of benzene rings is 3. The zero-order chi connectivity index (χ0) is 30.8. The minimum absolute atomic E-state index is 0.203. The van der Waals surface area contributed by atoms with Crippen molar-refractivity contribution in [1.29, 1.82) is 0 Å². The van der Waals surface area contributed by atoms with E-state index in [9.17, 15) is 9.59 Å². The van der Waals surface area contributed by atoms with Crippen LogP contribution in [-0.2, 0) is 16.1 Å². The van der Waals surface area contributed by atoms with Crippen LogP contribution in [0.15, 0.2) is 80.1 Å². The Labute approximate surface area is 292 Å². The third-order valence-electron chi connectivity index (χ3n) is 6.66. The van der Waals surface area contributed by atoms with Gasteiger partial charge in [-0.2, -0.15) is 0 Å². The molecule has 0 radical (unpaired) electrons. The zero-order valence-electron chi connectivity index (χ0n) is 23.1. The van der Waals surface area contributed by atoms with Crippen molar-refractivity contribution < 1.29 is 19.0 Å². The monoisotopic (exact) mass is 904 g/mol. The van der Waals surface area contributed by atoms with E-state index in [4.69, 9.17) is 25.8 Å².